The van der Waals surface area contributed by atoms with Crippen molar-refractivity contribution in [3.05, 3.63) is 53.0 Å². The zero-order valence-electron chi connectivity index (χ0n) is 13.9. The monoisotopic (exact) mass is 433 g/mol. The van der Waals surface area contributed by atoms with Crippen LogP contribution in [0, 0.1) is 0 Å². The number of carbonyl (C=O) groups excluding carboxylic acids is 1. The average Bonchev–Trinajstić information content (AvgIpc) is 3.12. The second-order valence-corrected chi connectivity index (χ2v) is 7.22. The number of methoxy groups -OCH3 is 1. The molecule has 0 atom stereocenters. The van der Waals surface area contributed by atoms with Crippen LogP contribution in [0.3, 0.4) is 0 Å². The first kappa shape index (κ1) is 18.5. The van der Waals surface area contributed by atoms with Gasteiger partial charge in [-0.15, -0.1) is 10.2 Å². The molecule has 1 aromatic heterocycles. The zero-order valence-corrected chi connectivity index (χ0v) is 16.3. The van der Waals surface area contributed by atoms with Crippen molar-refractivity contribution in [2.24, 2.45) is 0 Å². The Kier molecular flexibility index (Phi) is 6.30. The number of benzene rings is 2. The first-order valence-electron chi connectivity index (χ1n) is 7.80. The van der Waals surface area contributed by atoms with E-state index in [4.69, 9.17) is 9.15 Å². The van der Waals surface area contributed by atoms with Crippen molar-refractivity contribution in [2.75, 3.05) is 18.2 Å². The largest absolute Gasteiger partial charge is 0.497 e. The van der Waals surface area contributed by atoms with Crippen LogP contribution in [-0.2, 0) is 4.79 Å². The molecule has 0 radical (unpaired) electrons. The third-order valence-corrected chi connectivity index (χ3v) is 4.77. The second-order valence-electron chi connectivity index (χ2n) is 5.26. The molecule has 1 amide bonds. The molecule has 1 N–H and O–H groups in total. The van der Waals surface area contributed by atoms with Gasteiger partial charge in [0.05, 0.1) is 7.11 Å². The fourth-order valence-electron chi connectivity index (χ4n) is 2.11. The summed E-state index contributed by atoms with van der Waals surface area (Å²) >= 11 is 4.71. The number of hydrogen-bond donors (Lipinski definition) is 1. The van der Waals surface area contributed by atoms with Crippen LogP contribution in [0.15, 0.2) is 62.6 Å². The highest BCUT2D eigenvalue weighted by atomic mass is 79.9. The van der Waals surface area contributed by atoms with E-state index in [9.17, 15) is 4.79 Å². The van der Waals surface area contributed by atoms with Crippen molar-refractivity contribution in [3.8, 4) is 17.2 Å². The Morgan fingerprint density at radius 3 is 2.58 bits per heavy atom. The van der Waals surface area contributed by atoms with Crippen LogP contribution in [0.5, 0.6) is 5.75 Å². The number of hydrogen-bond acceptors (Lipinski definition) is 6. The van der Waals surface area contributed by atoms with E-state index in [-0.39, 0.29) is 5.91 Å². The zero-order chi connectivity index (χ0) is 18.4. The van der Waals surface area contributed by atoms with E-state index >= 15 is 0 Å². The molecule has 2 aromatic carbocycles. The Hall–Kier alpha value is -2.32. The lowest BCUT2D eigenvalue weighted by atomic mass is 10.2. The predicted octanol–water partition coefficient (Wildman–Crippen LogP) is 4.63. The van der Waals surface area contributed by atoms with E-state index in [1.54, 1.807) is 7.11 Å². The fraction of sp³-hybridized carbons (Fsp3) is 0.167. The highest BCUT2D eigenvalue weighted by Gasteiger charge is 2.10. The van der Waals surface area contributed by atoms with Crippen LogP contribution in [0.1, 0.15) is 6.42 Å². The maximum Gasteiger partial charge on any atom is 0.276 e. The minimum atomic E-state index is -0.0604. The molecule has 3 rings (SSSR count). The first-order chi connectivity index (χ1) is 12.6. The second kappa shape index (κ2) is 8.86. The van der Waals surface area contributed by atoms with Crippen LogP contribution in [-0.4, -0.2) is 29.0 Å². The van der Waals surface area contributed by atoms with E-state index in [0.717, 1.165) is 21.5 Å². The van der Waals surface area contributed by atoms with E-state index < -0.39 is 0 Å². The van der Waals surface area contributed by atoms with Gasteiger partial charge in [0.1, 0.15) is 5.75 Å². The summed E-state index contributed by atoms with van der Waals surface area (Å²) < 4.78 is 11.7. The highest BCUT2D eigenvalue weighted by Crippen LogP contribution is 2.25. The number of rotatable bonds is 7. The SMILES string of the molecule is COc1ccc(-c2nnc(SCCC(=O)Nc3ccc(Br)cc3)o2)cc1. The van der Waals surface area contributed by atoms with Gasteiger partial charge in [-0.1, -0.05) is 27.7 Å². The minimum absolute atomic E-state index is 0.0604. The number of halogens is 1. The van der Waals surface area contributed by atoms with Gasteiger partial charge in [0.2, 0.25) is 11.8 Å². The van der Waals surface area contributed by atoms with E-state index in [1.165, 1.54) is 11.8 Å². The number of carbonyl (C=O) groups is 1. The van der Waals surface area contributed by atoms with Crippen molar-refractivity contribution in [3.63, 3.8) is 0 Å². The maximum absolute atomic E-state index is 12.0. The Bertz CT molecular complexity index is 866. The van der Waals surface area contributed by atoms with E-state index in [0.29, 0.717) is 23.3 Å². The van der Waals surface area contributed by atoms with Gasteiger partial charge >= 0.3 is 0 Å². The molecule has 0 unspecified atom stereocenters. The topological polar surface area (TPSA) is 77.2 Å². The summed E-state index contributed by atoms with van der Waals surface area (Å²) in [4.78, 5) is 12.0. The third kappa shape index (κ3) is 5.09. The number of amides is 1. The summed E-state index contributed by atoms with van der Waals surface area (Å²) in [5.41, 5.74) is 1.58. The molecule has 3 aromatic rings. The number of nitrogens with one attached hydrogen (secondary N) is 1. The van der Waals surface area contributed by atoms with Gasteiger partial charge in [0.15, 0.2) is 0 Å². The number of anilines is 1. The normalized spacial score (nSPS) is 10.5. The Balaban J connectivity index is 1.48. The molecule has 0 aliphatic carbocycles. The maximum atomic E-state index is 12.0. The van der Waals surface area contributed by atoms with Gasteiger partial charge < -0.3 is 14.5 Å². The van der Waals surface area contributed by atoms with Crippen LogP contribution >= 0.6 is 27.7 Å². The van der Waals surface area contributed by atoms with Crippen molar-refractivity contribution >= 4 is 39.3 Å². The third-order valence-electron chi connectivity index (χ3n) is 3.43. The summed E-state index contributed by atoms with van der Waals surface area (Å²) in [6.07, 6.45) is 0.348. The standard InChI is InChI=1S/C18H16BrN3O3S/c1-24-15-8-2-12(3-9-15)17-21-22-18(25-17)26-11-10-16(23)20-14-6-4-13(19)5-7-14/h2-9H,10-11H2,1H3,(H,20,23). The molecule has 0 aliphatic heterocycles. The highest BCUT2D eigenvalue weighted by molar-refractivity contribution is 9.10. The molecule has 1 heterocycles. The van der Waals surface area contributed by atoms with Crippen LogP contribution in [0.4, 0.5) is 5.69 Å². The van der Waals surface area contributed by atoms with E-state index in [2.05, 4.69) is 31.4 Å². The fourth-order valence-corrected chi connectivity index (χ4v) is 3.07. The molecule has 0 spiro atoms. The van der Waals surface area contributed by atoms with Gasteiger partial charge in [0.25, 0.3) is 5.22 Å². The Labute approximate surface area is 163 Å². The van der Waals surface area contributed by atoms with Gasteiger partial charge in [-0.3, -0.25) is 4.79 Å². The van der Waals surface area contributed by atoms with Crippen LogP contribution < -0.4 is 10.1 Å². The smallest absolute Gasteiger partial charge is 0.276 e. The van der Waals surface area contributed by atoms with Crippen molar-refractivity contribution in [2.45, 2.75) is 11.6 Å². The van der Waals surface area contributed by atoms with Crippen molar-refractivity contribution in [1.82, 2.24) is 10.2 Å². The molecule has 0 aliphatic rings. The summed E-state index contributed by atoms with van der Waals surface area (Å²) in [6, 6.07) is 14.8. The van der Waals surface area contributed by atoms with Crippen molar-refractivity contribution < 1.29 is 13.9 Å². The lowest BCUT2D eigenvalue weighted by Crippen LogP contribution is -2.11. The molecule has 0 saturated carbocycles. The number of ether oxygens (including phenoxy) is 1. The molecule has 6 nitrogen and oxygen atoms in total. The van der Waals surface area contributed by atoms with Crippen LogP contribution in [0.25, 0.3) is 11.5 Å². The van der Waals surface area contributed by atoms with Gasteiger partial charge in [0, 0.05) is 27.9 Å². The van der Waals surface area contributed by atoms with Gasteiger partial charge in [-0.25, -0.2) is 0 Å². The quantitative estimate of drug-likeness (QED) is 0.547. The minimum Gasteiger partial charge on any atom is -0.497 e. The molecule has 26 heavy (non-hydrogen) atoms. The summed E-state index contributed by atoms with van der Waals surface area (Å²) in [7, 11) is 1.61. The summed E-state index contributed by atoms with van der Waals surface area (Å²) in [5, 5.41) is 11.3. The van der Waals surface area contributed by atoms with E-state index in [1.807, 2.05) is 48.5 Å². The molecular weight excluding hydrogens is 418 g/mol. The molecule has 0 bridgehead atoms. The number of thioether (sulfide) groups is 1. The van der Waals surface area contributed by atoms with Crippen molar-refractivity contribution in [1.29, 1.82) is 0 Å². The molecule has 0 fully saturated rings. The number of aromatic nitrogens is 2. The lowest BCUT2D eigenvalue weighted by molar-refractivity contribution is -0.115. The summed E-state index contributed by atoms with van der Waals surface area (Å²) in [5.74, 6) is 1.69. The molecule has 0 saturated heterocycles. The molecule has 134 valence electrons. The first-order valence-corrected chi connectivity index (χ1v) is 9.58. The number of nitrogens with zero attached hydrogens (tertiary/aromatic N) is 2. The molecule has 8 heteroatoms. The predicted molar refractivity (Wildman–Crippen MR) is 104 cm³/mol. The van der Waals surface area contributed by atoms with Crippen LogP contribution in [0.2, 0.25) is 0 Å². The molecular formula is C18H16BrN3O3S. The average molecular weight is 434 g/mol. The summed E-state index contributed by atoms with van der Waals surface area (Å²) in [6.45, 7) is 0. The Morgan fingerprint density at radius 1 is 1.15 bits per heavy atom. The lowest BCUT2D eigenvalue weighted by Gasteiger charge is -2.04. The Morgan fingerprint density at radius 2 is 1.88 bits per heavy atom. The van der Waals surface area contributed by atoms with Gasteiger partial charge in [-0.2, -0.15) is 0 Å². The van der Waals surface area contributed by atoms with Gasteiger partial charge in [-0.05, 0) is 48.5 Å².